The zero-order valence-corrected chi connectivity index (χ0v) is 15.9. The summed E-state index contributed by atoms with van der Waals surface area (Å²) in [6, 6.07) is 0. The molecule has 2 heterocycles. The van der Waals surface area contributed by atoms with Crippen molar-refractivity contribution in [2.45, 2.75) is 59.1 Å². The Labute approximate surface area is 146 Å². The Bertz CT molecular complexity index is 544. The lowest BCUT2D eigenvalue weighted by molar-refractivity contribution is 0.0263. The highest BCUT2D eigenvalue weighted by Crippen LogP contribution is 2.17. The van der Waals surface area contributed by atoms with E-state index in [9.17, 15) is 0 Å². The maximum absolute atomic E-state index is 5.74. The quantitative estimate of drug-likeness (QED) is 0.639. The minimum atomic E-state index is 0.404. The van der Waals surface area contributed by atoms with Crippen molar-refractivity contribution in [1.82, 2.24) is 20.0 Å². The van der Waals surface area contributed by atoms with E-state index in [1.54, 1.807) is 0 Å². The minimum absolute atomic E-state index is 0.404. The summed E-state index contributed by atoms with van der Waals surface area (Å²) in [6.07, 6.45) is 4.51. The first-order valence-corrected chi connectivity index (χ1v) is 9.25. The van der Waals surface area contributed by atoms with Crippen molar-refractivity contribution in [3.63, 3.8) is 0 Å². The van der Waals surface area contributed by atoms with E-state index >= 15 is 0 Å². The summed E-state index contributed by atoms with van der Waals surface area (Å²) in [5, 5.41) is 8.20. The van der Waals surface area contributed by atoms with Gasteiger partial charge in [0.25, 0.3) is 0 Å². The number of ether oxygens (including phenoxy) is 1. The third-order valence-corrected chi connectivity index (χ3v) is 4.81. The third-order valence-electron chi connectivity index (χ3n) is 4.81. The number of aromatic nitrogens is 2. The van der Waals surface area contributed by atoms with Gasteiger partial charge in [0, 0.05) is 51.6 Å². The molecular formula is C18H33N5O. The minimum Gasteiger partial charge on any atom is -0.378 e. The largest absolute Gasteiger partial charge is 0.378 e. The molecule has 1 aromatic rings. The number of hydrogen-bond acceptors (Lipinski definition) is 3. The van der Waals surface area contributed by atoms with Gasteiger partial charge in [-0.15, -0.1) is 0 Å². The maximum atomic E-state index is 5.74. The fraction of sp³-hybridized carbons (Fsp3) is 0.778. The molecule has 0 atom stereocenters. The Kier molecular flexibility index (Phi) is 7.09. The zero-order valence-electron chi connectivity index (χ0n) is 15.9. The number of aliphatic imine (C=N–C) groups is 1. The molecule has 0 amide bonds. The Morgan fingerprint density at radius 2 is 1.96 bits per heavy atom. The van der Waals surface area contributed by atoms with Crippen molar-refractivity contribution in [2.75, 3.05) is 26.7 Å². The highest BCUT2D eigenvalue weighted by Gasteiger charge is 2.22. The average Bonchev–Trinajstić information content (AvgIpc) is 2.92. The molecule has 24 heavy (non-hydrogen) atoms. The molecule has 0 unspecified atom stereocenters. The molecule has 1 fully saturated rings. The van der Waals surface area contributed by atoms with Gasteiger partial charge in [0.15, 0.2) is 5.96 Å². The molecule has 0 aromatic carbocycles. The molecule has 0 radical (unpaired) electrons. The number of hydrogen-bond donors (Lipinski definition) is 1. The molecule has 6 nitrogen and oxygen atoms in total. The molecule has 1 N–H and O–H groups in total. The summed E-state index contributed by atoms with van der Waals surface area (Å²) in [5.41, 5.74) is 3.82. The number of nitrogens with zero attached hydrogens (tertiary/aromatic N) is 4. The second kappa shape index (κ2) is 9.06. The number of piperidine rings is 1. The van der Waals surface area contributed by atoms with E-state index in [2.05, 4.69) is 41.1 Å². The first kappa shape index (κ1) is 18.8. The number of likely N-dealkylation sites (tertiary alicyclic amines) is 1. The molecule has 6 heteroatoms. The Balaban J connectivity index is 1.98. The molecule has 0 saturated carbocycles. The number of nitrogens with one attached hydrogen (secondary N) is 1. The van der Waals surface area contributed by atoms with Crippen LogP contribution in [0.2, 0.25) is 0 Å². The van der Waals surface area contributed by atoms with Crippen LogP contribution in [0.25, 0.3) is 0 Å². The highest BCUT2D eigenvalue weighted by atomic mass is 16.5. The van der Waals surface area contributed by atoms with Gasteiger partial charge >= 0.3 is 0 Å². The molecule has 1 saturated heterocycles. The molecule has 1 aliphatic heterocycles. The van der Waals surface area contributed by atoms with Crippen LogP contribution >= 0.6 is 0 Å². The summed E-state index contributed by atoms with van der Waals surface area (Å²) < 4.78 is 7.76. The lowest BCUT2D eigenvalue weighted by atomic mass is 10.1. The standard InChI is InChI=1S/C18H33N5O/c1-6-16-15(17(7-2)22(5)21-16)13-20-18(19-4)23-11-9-14(10-12-23)24-8-3/h14H,6-13H2,1-5H3,(H,19,20). The second-order valence-electron chi connectivity index (χ2n) is 6.25. The Morgan fingerprint density at radius 1 is 1.25 bits per heavy atom. The van der Waals surface area contributed by atoms with Crippen LogP contribution in [0.5, 0.6) is 0 Å². The lowest BCUT2D eigenvalue weighted by Crippen LogP contribution is -2.46. The summed E-state index contributed by atoms with van der Waals surface area (Å²) in [6.45, 7) is 10.0. The molecule has 0 bridgehead atoms. The summed E-state index contributed by atoms with van der Waals surface area (Å²) in [7, 11) is 3.90. The molecule has 1 aromatic heterocycles. The van der Waals surface area contributed by atoms with E-state index in [1.807, 2.05) is 18.8 Å². The van der Waals surface area contributed by atoms with Crippen LogP contribution in [-0.2, 0) is 31.2 Å². The van der Waals surface area contributed by atoms with E-state index in [0.29, 0.717) is 6.10 Å². The van der Waals surface area contributed by atoms with Crippen LogP contribution in [0.4, 0.5) is 0 Å². The predicted molar refractivity (Wildman–Crippen MR) is 98.4 cm³/mol. The first-order valence-electron chi connectivity index (χ1n) is 9.25. The van der Waals surface area contributed by atoms with Crippen molar-refractivity contribution < 1.29 is 4.74 Å². The third kappa shape index (κ3) is 4.29. The van der Waals surface area contributed by atoms with Crippen molar-refractivity contribution >= 4 is 5.96 Å². The SMILES string of the molecule is CCOC1CCN(C(=NC)NCc2c(CC)nn(C)c2CC)CC1. The van der Waals surface area contributed by atoms with Crippen molar-refractivity contribution in [3.05, 3.63) is 17.0 Å². The molecular weight excluding hydrogens is 302 g/mol. The smallest absolute Gasteiger partial charge is 0.193 e. The van der Waals surface area contributed by atoms with Gasteiger partial charge < -0.3 is 15.0 Å². The van der Waals surface area contributed by atoms with Crippen LogP contribution in [0, 0.1) is 0 Å². The summed E-state index contributed by atoms with van der Waals surface area (Å²) in [4.78, 5) is 6.82. The van der Waals surface area contributed by atoms with E-state index in [1.165, 1.54) is 17.0 Å². The van der Waals surface area contributed by atoms with E-state index in [4.69, 9.17) is 4.74 Å². The van der Waals surface area contributed by atoms with Crippen LogP contribution in [0.15, 0.2) is 4.99 Å². The van der Waals surface area contributed by atoms with E-state index in [0.717, 1.165) is 57.9 Å². The van der Waals surface area contributed by atoms with Crippen LogP contribution in [0.1, 0.15) is 50.6 Å². The van der Waals surface area contributed by atoms with Gasteiger partial charge in [-0.3, -0.25) is 9.67 Å². The fourth-order valence-electron chi connectivity index (χ4n) is 3.56. The Hall–Kier alpha value is -1.56. The summed E-state index contributed by atoms with van der Waals surface area (Å²) >= 11 is 0. The molecule has 0 spiro atoms. The van der Waals surface area contributed by atoms with Crippen molar-refractivity contribution in [2.24, 2.45) is 12.0 Å². The monoisotopic (exact) mass is 335 g/mol. The van der Waals surface area contributed by atoms with Gasteiger partial charge in [0.05, 0.1) is 11.8 Å². The van der Waals surface area contributed by atoms with Gasteiger partial charge in [0.2, 0.25) is 0 Å². The van der Waals surface area contributed by atoms with Crippen LogP contribution < -0.4 is 5.32 Å². The summed E-state index contributed by atoms with van der Waals surface area (Å²) in [5.74, 6) is 0.984. The van der Waals surface area contributed by atoms with Crippen molar-refractivity contribution in [3.8, 4) is 0 Å². The predicted octanol–water partition coefficient (Wildman–Crippen LogP) is 2.12. The maximum Gasteiger partial charge on any atom is 0.193 e. The van der Waals surface area contributed by atoms with Gasteiger partial charge in [-0.05, 0) is 32.6 Å². The van der Waals surface area contributed by atoms with Crippen molar-refractivity contribution in [1.29, 1.82) is 0 Å². The number of aryl methyl sites for hydroxylation is 2. The second-order valence-corrected chi connectivity index (χ2v) is 6.25. The lowest BCUT2D eigenvalue weighted by Gasteiger charge is -2.34. The normalized spacial score (nSPS) is 16.7. The average molecular weight is 335 g/mol. The Morgan fingerprint density at radius 3 is 2.50 bits per heavy atom. The van der Waals surface area contributed by atoms with Gasteiger partial charge in [-0.25, -0.2) is 0 Å². The number of guanidine groups is 1. The first-order chi connectivity index (χ1) is 11.6. The highest BCUT2D eigenvalue weighted by molar-refractivity contribution is 5.80. The molecule has 0 aliphatic carbocycles. The van der Waals surface area contributed by atoms with Crippen LogP contribution in [0.3, 0.4) is 0 Å². The van der Waals surface area contributed by atoms with E-state index in [-0.39, 0.29) is 0 Å². The molecule has 1 aliphatic rings. The molecule has 2 rings (SSSR count). The van der Waals surface area contributed by atoms with Gasteiger partial charge in [0.1, 0.15) is 0 Å². The van der Waals surface area contributed by atoms with Gasteiger partial charge in [-0.2, -0.15) is 5.10 Å². The van der Waals surface area contributed by atoms with Gasteiger partial charge in [-0.1, -0.05) is 13.8 Å². The zero-order chi connectivity index (χ0) is 17.5. The van der Waals surface area contributed by atoms with E-state index < -0.39 is 0 Å². The number of rotatable bonds is 6. The van der Waals surface area contributed by atoms with Crippen LogP contribution in [-0.4, -0.2) is 53.5 Å². The topological polar surface area (TPSA) is 54.7 Å². The fourth-order valence-corrected chi connectivity index (χ4v) is 3.56. The molecule has 136 valence electrons.